The van der Waals surface area contributed by atoms with Crippen LogP contribution in [0.25, 0.3) is 0 Å². The Morgan fingerprint density at radius 1 is 1.33 bits per heavy atom. The van der Waals surface area contributed by atoms with Crippen LogP contribution in [0, 0.1) is 0 Å². The first-order valence-corrected chi connectivity index (χ1v) is 5.71. The molecule has 12 heavy (non-hydrogen) atoms. The predicted octanol–water partition coefficient (Wildman–Crippen LogP) is -0.915. The molecule has 0 aliphatic heterocycles. The first kappa shape index (κ1) is 11.2. The SMILES string of the molecule is CS(=O)(=O)CCCCN=C(N)N. The van der Waals surface area contributed by atoms with Gasteiger partial charge in [-0.25, -0.2) is 8.42 Å². The van der Waals surface area contributed by atoms with E-state index < -0.39 is 9.84 Å². The first-order valence-electron chi connectivity index (χ1n) is 3.65. The van der Waals surface area contributed by atoms with Gasteiger partial charge in [-0.2, -0.15) is 0 Å². The van der Waals surface area contributed by atoms with Crippen LogP contribution >= 0.6 is 0 Å². The molecule has 72 valence electrons. The summed E-state index contributed by atoms with van der Waals surface area (Å²) in [5, 5.41) is 0. The summed E-state index contributed by atoms with van der Waals surface area (Å²) in [7, 11) is -2.84. The van der Waals surface area contributed by atoms with Crippen molar-refractivity contribution in [3.8, 4) is 0 Å². The highest BCUT2D eigenvalue weighted by atomic mass is 32.2. The molecule has 6 heteroatoms. The summed E-state index contributed by atoms with van der Waals surface area (Å²) in [6.07, 6.45) is 2.52. The van der Waals surface area contributed by atoms with E-state index in [1.807, 2.05) is 0 Å². The smallest absolute Gasteiger partial charge is 0.185 e. The van der Waals surface area contributed by atoms with Crippen LogP contribution in [-0.2, 0) is 9.84 Å². The topological polar surface area (TPSA) is 98.5 Å². The molecule has 0 unspecified atom stereocenters. The summed E-state index contributed by atoms with van der Waals surface area (Å²) in [6, 6.07) is 0. The van der Waals surface area contributed by atoms with Crippen LogP contribution in [0.4, 0.5) is 0 Å². The van der Waals surface area contributed by atoms with Crippen molar-refractivity contribution in [2.75, 3.05) is 18.6 Å². The third kappa shape index (κ3) is 9.22. The highest BCUT2D eigenvalue weighted by Gasteiger charge is 1.99. The van der Waals surface area contributed by atoms with Crippen molar-refractivity contribution in [1.82, 2.24) is 0 Å². The van der Waals surface area contributed by atoms with Crippen molar-refractivity contribution < 1.29 is 8.42 Å². The Morgan fingerprint density at radius 2 is 1.92 bits per heavy atom. The maximum atomic E-state index is 10.6. The lowest BCUT2D eigenvalue weighted by Crippen LogP contribution is -2.23. The zero-order valence-corrected chi connectivity index (χ0v) is 7.97. The largest absolute Gasteiger partial charge is 0.370 e. The van der Waals surface area contributed by atoms with Crippen molar-refractivity contribution in [1.29, 1.82) is 0 Å². The molecule has 0 aliphatic carbocycles. The molecule has 0 aromatic rings. The summed E-state index contributed by atoms with van der Waals surface area (Å²) < 4.78 is 21.3. The van der Waals surface area contributed by atoms with E-state index in [1.165, 1.54) is 6.26 Å². The van der Waals surface area contributed by atoms with Gasteiger partial charge in [-0.3, -0.25) is 4.99 Å². The maximum absolute atomic E-state index is 10.6. The number of unbranched alkanes of at least 4 members (excludes halogenated alkanes) is 1. The Kier molecular flexibility index (Phi) is 4.65. The minimum atomic E-state index is -2.84. The van der Waals surface area contributed by atoms with Gasteiger partial charge in [0.2, 0.25) is 0 Å². The molecule has 0 atom stereocenters. The van der Waals surface area contributed by atoms with E-state index in [0.29, 0.717) is 19.4 Å². The van der Waals surface area contributed by atoms with E-state index in [9.17, 15) is 8.42 Å². The van der Waals surface area contributed by atoms with Crippen LogP contribution < -0.4 is 11.5 Å². The third-order valence-corrected chi connectivity index (χ3v) is 2.25. The van der Waals surface area contributed by atoms with Crippen molar-refractivity contribution in [2.45, 2.75) is 12.8 Å². The van der Waals surface area contributed by atoms with Gasteiger partial charge in [0.05, 0.1) is 0 Å². The number of nitrogens with zero attached hydrogens (tertiary/aromatic N) is 1. The molecular formula is C6H15N3O2S. The van der Waals surface area contributed by atoms with Crippen LogP contribution in [0.2, 0.25) is 0 Å². The zero-order chi connectivity index (χ0) is 9.61. The molecule has 0 aliphatic rings. The van der Waals surface area contributed by atoms with Crippen molar-refractivity contribution in [2.24, 2.45) is 16.5 Å². The van der Waals surface area contributed by atoms with Crippen LogP contribution in [0.3, 0.4) is 0 Å². The van der Waals surface area contributed by atoms with E-state index in [0.717, 1.165) is 0 Å². The summed E-state index contributed by atoms with van der Waals surface area (Å²) >= 11 is 0. The average Bonchev–Trinajstić information content (AvgIpc) is 1.83. The standard InChI is InChI=1S/C6H15N3O2S/c1-12(10,11)5-3-2-4-9-6(7)8/h2-5H2,1H3,(H4,7,8,9). The van der Waals surface area contributed by atoms with Gasteiger partial charge in [0.15, 0.2) is 5.96 Å². The molecule has 0 fully saturated rings. The molecule has 0 radical (unpaired) electrons. The summed E-state index contributed by atoms with van der Waals surface area (Å²) in [6.45, 7) is 0.498. The number of aliphatic imine (C=N–C) groups is 1. The third-order valence-electron chi connectivity index (χ3n) is 1.22. The number of hydrogen-bond donors (Lipinski definition) is 2. The Labute approximate surface area is 72.8 Å². The van der Waals surface area contributed by atoms with Crippen LogP contribution in [-0.4, -0.2) is 32.9 Å². The highest BCUT2D eigenvalue weighted by molar-refractivity contribution is 7.90. The van der Waals surface area contributed by atoms with Crippen molar-refractivity contribution in [3.05, 3.63) is 0 Å². The van der Waals surface area contributed by atoms with Gasteiger partial charge in [-0.15, -0.1) is 0 Å². The van der Waals surface area contributed by atoms with Crippen LogP contribution in [0.15, 0.2) is 4.99 Å². The zero-order valence-electron chi connectivity index (χ0n) is 7.16. The van der Waals surface area contributed by atoms with Crippen LogP contribution in [0.1, 0.15) is 12.8 Å². The van der Waals surface area contributed by atoms with E-state index in [1.54, 1.807) is 0 Å². The lowest BCUT2D eigenvalue weighted by atomic mass is 10.3. The van der Waals surface area contributed by atoms with Crippen molar-refractivity contribution in [3.63, 3.8) is 0 Å². The number of rotatable bonds is 5. The minimum absolute atomic E-state index is 0.0503. The number of sulfone groups is 1. The molecule has 0 heterocycles. The first-order chi connectivity index (χ1) is 5.42. The minimum Gasteiger partial charge on any atom is -0.370 e. The normalized spacial score (nSPS) is 11.1. The fraction of sp³-hybridized carbons (Fsp3) is 0.833. The van der Waals surface area contributed by atoms with Gasteiger partial charge in [0.25, 0.3) is 0 Å². The Bertz CT molecular complexity index is 242. The molecule has 5 nitrogen and oxygen atoms in total. The fourth-order valence-electron chi connectivity index (χ4n) is 0.684. The second-order valence-electron chi connectivity index (χ2n) is 2.64. The molecule has 0 amide bonds. The Morgan fingerprint density at radius 3 is 2.33 bits per heavy atom. The highest BCUT2D eigenvalue weighted by Crippen LogP contribution is 1.94. The molecule has 0 saturated carbocycles. The Hall–Kier alpha value is -0.780. The molecule has 0 spiro atoms. The number of guanidine groups is 1. The second kappa shape index (κ2) is 4.97. The molecule has 4 N–H and O–H groups in total. The number of hydrogen-bond acceptors (Lipinski definition) is 3. The van der Waals surface area contributed by atoms with Gasteiger partial charge < -0.3 is 11.5 Å². The van der Waals surface area contributed by atoms with Gasteiger partial charge in [-0.1, -0.05) is 0 Å². The quantitative estimate of drug-likeness (QED) is 0.335. The van der Waals surface area contributed by atoms with Gasteiger partial charge in [0, 0.05) is 18.6 Å². The lowest BCUT2D eigenvalue weighted by Gasteiger charge is -1.96. The lowest BCUT2D eigenvalue weighted by molar-refractivity contribution is 0.597. The average molecular weight is 193 g/mol. The molecule has 0 aromatic carbocycles. The molecule has 0 rings (SSSR count). The fourth-order valence-corrected chi connectivity index (χ4v) is 1.41. The second-order valence-corrected chi connectivity index (χ2v) is 4.90. The summed E-state index contributed by atoms with van der Waals surface area (Å²) in [5.74, 6) is 0.252. The predicted molar refractivity (Wildman–Crippen MR) is 49.6 cm³/mol. The van der Waals surface area contributed by atoms with Gasteiger partial charge >= 0.3 is 0 Å². The monoisotopic (exact) mass is 193 g/mol. The Balaban J connectivity index is 3.41. The van der Waals surface area contributed by atoms with Crippen LogP contribution in [0.5, 0.6) is 0 Å². The summed E-state index contributed by atoms with van der Waals surface area (Å²) in [4.78, 5) is 3.72. The maximum Gasteiger partial charge on any atom is 0.185 e. The van der Waals surface area contributed by atoms with E-state index >= 15 is 0 Å². The van der Waals surface area contributed by atoms with Gasteiger partial charge in [0.1, 0.15) is 9.84 Å². The summed E-state index contributed by atoms with van der Waals surface area (Å²) in [5.41, 5.74) is 10.1. The van der Waals surface area contributed by atoms with E-state index in [-0.39, 0.29) is 11.7 Å². The van der Waals surface area contributed by atoms with E-state index in [2.05, 4.69) is 4.99 Å². The van der Waals surface area contributed by atoms with E-state index in [4.69, 9.17) is 11.5 Å². The molecule has 0 bridgehead atoms. The molecule has 0 saturated heterocycles. The molecular weight excluding hydrogens is 178 g/mol. The number of nitrogens with two attached hydrogens (primary N) is 2. The van der Waals surface area contributed by atoms with Crippen molar-refractivity contribution >= 4 is 15.8 Å². The van der Waals surface area contributed by atoms with Gasteiger partial charge in [-0.05, 0) is 12.8 Å². The molecule has 0 aromatic heterocycles.